The molecule has 3 amide bonds. The van der Waals surface area contributed by atoms with Crippen molar-refractivity contribution in [1.29, 1.82) is 0 Å². The van der Waals surface area contributed by atoms with Crippen molar-refractivity contribution in [2.75, 3.05) is 31.8 Å². The molecule has 40 heavy (non-hydrogen) atoms. The average Bonchev–Trinajstić information content (AvgIpc) is 2.93. The first-order valence-corrected chi connectivity index (χ1v) is 15.6. The Balaban J connectivity index is 2.15. The number of aliphatic carboxylic acids is 2. The van der Waals surface area contributed by atoms with Crippen LogP contribution in [0.5, 0.6) is 11.5 Å². The molecule has 0 bridgehead atoms. The second kappa shape index (κ2) is 16.4. The second-order valence-electron chi connectivity index (χ2n) is 8.11. The van der Waals surface area contributed by atoms with Gasteiger partial charge in [-0.1, -0.05) is 0 Å². The quantitative estimate of drug-likeness (QED) is 0.133. The predicted molar refractivity (Wildman–Crippen MR) is 149 cm³/mol. The summed E-state index contributed by atoms with van der Waals surface area (Å²) >= 11 is -0.491. The van der Waals surface area contributed by atoms with Crippen molar-refractivity contribution in [3.05, 3.63) is 48.0 Å². The van der Waals surface area contributed by atoms with Crippen LogP contribution in [0.15, 0.2) is 42.5 Å². The zero-order chi connectivity index (χ0) is 29.7. The van der Waals surface area contributed by atoms with Crippen LogP contribution in [0.2, 0.25) is 0 Å². The van der Waals surface area contributed by atoms with E-state index in [9.17, 15) is 24.0 Å². The first-order chi connectivity index (χ1) is 19.0. The molecule has 13 nitrogen and oxygen atoms in total. The van der Waals surface area contributed by atoms with Crippen LogP contribution in [0.25, 0.3) is 0 Å². The molecule has 2 unspecified atom stereocenters. The minimum absolute atomic E-state index is 0.0389. The first-order valence-electron chi connectivity index (χ1n) is 11.7. The molecule has 2 aromatic carbocycles. The molecule has 0 spiro atoms. The summed E-state index contributed by atoms with van der Waals surface area (Å²) in [6.45, 7) is -0.647. The predicted octanol–water partition coefficient (Wildman–Crippen LogP) is -0.188. The Morgan fingerprint density at radius 3 is 2.42 bits per heavy atom. The van der Waals surface area contributed by atoms with E-state index in [-0.39, 0.29) is 24.5 Å². The van der Waals surface area contributed by atoms with Gasteiger partial charge >= 0.3 is 240 Å². The van der Waals surface area contributed by atoms with Gasteiger partial charge in [0, 0.05) is 0 Å². The van der Waals surface area contributed by atoms with Gasteiger partial charge in [0.2, 0.25) is 0 Å². The third-order valence-electron chi connectivity index (χ3n) is 5.21. The topological polar surface area (TPSA) is 206 Å². The van der Waals surface area contributed by atoms with Crippen molar-refractivity contribution in [2.45, 2.75) is 24.9 Å². The minimum atomic E-state index is -1.26. The van der Waals surface area contributed by atoms with Crippen molar-refractivity contribution in [3.63, 3.8) is 0 Å². The number of ether oxygens (including phenoxy) is 2. The molecule has 0 radical (unpaired) electrons. The maximum absolute atomic E-state index is 13.1. The molecule has 7 N–H and O–H groups in total. The van der Waals surface area contributed by atoms with Crippen molar-refractivity contribution in [3.8, 4) is 11.5 Å². The summed E-state index contributed by atoms with van der Waals surface area (Å²) in [6, 6.07) is 9.52. The van der Waals surface area contributed by atoms with Crippen LogP contribution in [-0.2, 0) is 19.2 Å². The van der Waals surface area contributed by atoms with Crippen LogP contribution < -0.4 is 35.6 Å². The number of rotatable bonds is 16. The first kappa shape index (κ1) is 32.4. The Hall–Kier alpha value is -3.78. The number of hydrogen-bond acceptors (Lipinski definition) is 9. The van der Waals surface area contributed by atoms with Crippen LogP contribution in [0.4, 0.5) is 5.69 Å². The molecule has 0 aliphatic rings. The molecular formula is C25H30N4O9SSe. The van der Waals surface area contributed by atoms with Crippen LogP contribution in [-0.4, -0.2) is 92.3 Å². The zero-order valence-corrected chi connectivity index (χ0v) is 24.2. The van der Waals surface area contributed by atoms with Crippen LogP contribution >= 0.6 is 10.2 Å². The Kier molecular flexibility index (Phi) is 13.3. The molecule has 0 saturated heterocycles. The molecular weight excluding hydrogens is 611 g/mol. The molecule has 15 heteroatoms. The molecule has 2 atom stereocenters. The Labute approximate surface area is 239 Å². The van der Waals surface area contributed by atoms with Gasteiger partial charge in [-0.2, -0.15) is 0 Å². The van der Waals surface area contributed by atoms with Crippen LogP contribution in [0.1, 0.15) is 23.2 Å². The number of hydrogen-bond donors (Lipinski definition) is 6. The van der Waals surface area contributed by atoms with E-state index in [0.717, 1.165) is 0 Å². The van der Waals surface area contributed by atoms with E-state index in [2.05, 4.69) is 16.0 Å². The molecule has 0 heterocycles. The molecule has 0 saturated carbocycles. The normalized spacial score (nSPS) is 12.0. The van der Waals surface area contributed by atoms with E-state index in [1.54, 1.807) is 42.5 Å². The van der Waals surface area contributed by atoms with E-state index in [4.69, 9.17) is 25.4 Å². The van der Waals surface area contributed by atoms with Gasteiger partial charge in [-0.3, -0.25) is 0 Å². The summed E-state index contributed by atoms with van der Waals surface area (Å²) in [7, 11) is 4.25. The number of amides is 3. The fourth-order valence-corrected chi connectivity index (χ4v) is 7.64. The van der Waals surface area contributed by atoms with Gasteiger partial charge in [0.05, 0.1) is 0 Å². The number of anilines is 1. The van der Waals surface area contributed by atoms with E-state index < -0.39 is 56.2 Å². The number of nitrogens with two attached hydrogens (primary N) is 1. The summed E-state index contributed by atoms with van der Waals surface area (Å²) < 4.78 is 11.3. The third-order valence-corrected chi connectivity index (χ3v) is 9.50. The summed E-state index contributed by atoms with van der Waals surface area (Å²) in [5.74, 6) is -3.17. The summed E-state index contributed by atoms with van der Waals surface area (Å²) in [6.07, 6.45) is -0.387. The molecule has 2 rings (SSSR count). The van der Waals surface area contributed by atoms with Gasteiger partial charge in [0.1, 0.15) is 0 Å². The Bertz CT molecular complexity index is 1230. The van der Waals surface area contributed by atoms with Crippen LogP contribution in [0.3, 0.4) is 0 Å². The Morgan fingerprint density at radius 2 is 1.77 bits per heavy atom. The molecule has 0 aliphatic heterocycles. The average molecular weight is 642 g/mol. The summed E-state index contributed by atoms with van der Waals surface area (Å²) in [5, 5.41) is 25.4. The molecule has 0 fully saturated rings. The molecule has 216 valence electrons. The number of carboxylic acid groups (broad SMARTS) is 2. The number of nitrogens with one attached hydrogen (secondary N) is 3. The molecule has 0 aromatic heterocycles. The van der Waals surface area contributed by atoms with Crippen molar-refractivity contribution in [2.24, 2.45) is 5.73 Å². The fourth-order valence-electron chi connectivity index (χ4n) is 3.15. The standard InChI is InChI=1S/C25H30N4O9SSe/c1-37-15-6-3-5-14(11-15)28-23(33)16-7-4-8-19(38-2)22(16)40-39-13-18(24(34)27-12-21(31)32)29-20(30)10-9-17(26)25(35)36/h3-8,11,17-18H,9-10,12-13,26H2,1-2H3,(H,27,34)(H,28,33)(H,29,30)(H,31,32)(H,35,36). The Morgan fingerprint density at radius 1 is 1.05 bits per heavy atom. The number of benzene rings is 2. The van der Waals surface area contributed by atoms with Gasteiger partial charge in [0.15, 0.2) is 0 Å². The number of methoxy groups -OCH3 is 2. The van der Waals surface area contributed by atoms with Crippen molar-refractivity contribution >= 4 is 63.8 Å². The number of carboxylic acids is 2. The van der Waals surface area contributed by atoms with E-state index in [0.29, 0.717) is 27.2 Å². The fraction of sp³-hybridized carbons (Fsp3) is 0.320. The zero-order valence-electron chi connectivity index (χ0n) is 21.7. The monoisotopic (exact) mass is 642 g/mol. The van der Waals surface area contributed by atoms with E-state index in [1.807, 2.05) is 0 Å². The van der Waals surface area contributed by atoms with Gasteiger partial charge in [-0.25, -0.2) is 0 Å². The molecule has 0 aliphatic carbocycles. The van der Waals surface area contributed by atoms with E-state index in [1.165, 1.54) is 24.4 Å². The number of carbonyl (C=O) groups is 5. The van der Waals surface area contributed by atoms with Crippen LogP contribution in [0, 0.1) is 0 Å². The van der Waals surface area contributed by atoms with Gasteiger partial charge < -0.3 is 0 Å². The SMILES string of the molecule is COc1cccc(NC(=O)c2cccc(OC)c2[Se]SCC(NC(=O)CCC(N)C(=O)O)C(=O)NCC(=O)O)c1. The van der Waals surface area contributed by atoms with E-state index >= 15 is 0 Å². The van der Waals surface area contributed by atoms with Crippen molar-refractivity contribution < 1.29 is 43.7 Å². The maximum atomic E-state index is 13.1. The van der Waals surface area contributed by atoms with Gasteiger partial charge in [-0.15, -0.1) is 0 Å². The number of carbonyl (C=O) groups excluding carboxylic acids is 3. The van der Waals surface area contributed by atoms with Gasteiger partial charge in [0.25, 0.3) is 0 Å². The van der Waals surface area contributed by atoms with Crippen molar-refractivity contribution in [1.82, 2.24) is 10.6 Å². The molecule has 2 aromatic rings. The summed E-state index contributed by atoms with van der Waals surface area (Å²) in [5.41, 5.74) is 6.31. The van der Waals surface area contributed by atoms with Gasteiger partial charge in [-0.05, 0) is 0 Å². The summed E-state index contributed by atoms with van der Waals surface area (Å²) in [4.78, 5) is 59.9. The second-order valence-corrected chi connectivity index (χ2v) is 12.2. The third kappa shape index (κ3) is 10.4.